The predicted molar refractivity (Wildman–Crippen MR) is 70.6 cm³/mol. The fourth-order valence-electron chi connectivity index (χ4n) is 1.75. The van der Waals surface area contributed by atoms with Crippen LogP contribution in [0.2, 0.25) is 0 Å². The molecule has 0 fully saturated rings. The van der Waals surface area contributed by atoms with E-state index in [1.165, 1.54) is 5.56 Å². The second kappa shape index (κ2) is 6.92. The van der Waals surface area contributed by atoms with Crippen molar-refractivity contribution < 1.29 is 4.39 Å². The van der Waals surface area contributed by atoms with Crippen LogP contribution >= 0.6 is 11.8 Å². The van der Waals surface area contributed by atoms with Crippen molar-refractivity contribution >= 4 is 11.8 Å². The van der Waals surface area contributed by atoms with Crippen LogP contribution in [0.5, 0.6) is 0 Å². The molecule has 1 nitrogen and oxygen atoms in total. The number of hydrogen-bond donors (Lipinski definition) is 1. The maximum absolute atomic E-state index is 13.2. The number of benzene rings is 1. The van der Waals surface area contributed by atoms with E-state index in [9.17, 15) is 4.39 Å². The average molecular weight is 241 g/mol. The van der Waals surface area contributed by atoms with Gasteiger partial charge in [-0.1, -0.05) is 19.1 Å². The Labute approximate surface area is 102 Å². The standard InChI is InChI=1S/C13H20FNS/c1-4-15-13(7-8-16-3)11-5-6-12(14)10(2)9-11/h5-6,9,13,15H,4,7-8H2,1-3H3. The third kappa shape index (κ3) is 3.80. The lowest BCUT2D eigenvalue weighted by atomic mass is 10.0. The lowest BCUT2D eigenvalue weighted by Crippen LogP contribution is -2.21. The zero-order chi connectivity index (χ0) is 12.0. The first-order valence-corrected chi connectivity index (χ1v) is 7.06. The van der Waals surface area contributed by atoms with Crippen molar-refractivity contribution in [2.24, 2.45) is 0 Å². The van der Waals surface area contributed by atoms with Gasteiger partial charge < -0.3 is 5.32 Å². The van der Waals surface area contributed by atoms with Gasteiger partial charge in [-0.3, -0.25) is 0 Å². The lowest BCUT2D eigenvalue weighted by Gasteiger charge is -2.18. The highest BCUT2D eigenvalue weighted by Gasteiger charge is 2.10. The number of thioether (sulfide) groups is 1. The maximum Gasteiger partial charge on any atom is 0.126 e. The van der Waals surface area contributed by atoms with Crippen LogP contribution in [0.1, 0.15) is 30.5 Å². The molecule has 0 aliphatic rings. The molecule has 1 N–H and O–H groups in total. The molecule has 0 radical (unpaired) electrons. The van der Waals surface area contributed by atoms with Crippen molar-refractivity contribution in [1.29, 1.82) is 0 Å². The Morgan fingerprint density at radius 3 is 2.75 bits per heavy atom. The number of hydrogen-bond acceptors (Lipinski definition) is 2. The molecule has 1 atom stereocenters. The summed E-state index contributed by atoms with van der Waals surface area (Å²) in [4.78, 5) is 0. The van der Waals surface area contributed by atoms with Crippen molar-refractivity contribution in [2.75, 3.05) is 18.6 Å². The molecule has 0 heterocycles. The fourth-order valence-corrected chi connectivity index (χ4v) is 2.22. The quantitative estimate of drug-likeness (QED) is 0.817. The predicted octanol–water partition coefficient (Wildman–Crippen LogP) is 3.54. The van der Waals surface area contributed by atoms with Gasteiger partial charge in [-0.25, -0.2) is 4.39 Å². The lowest BCUT2D eigenvalue weighted by molar-refractivity contribution is 0.538. The van der Waals surface area contributed by atoms with E-state index >= 15 is 0 Å². The first-order valence-electron chi connectivity index (χ1n) is 5.67. The number of halogens is 1. The Morgan fingerprint density at radius 1 is 1.44 bits per heavy atom. The highest BCUT2D eigenvalue weighted by atomic mass is 32.2. The average Bonchev–Trinajstić information content (AvgIpc) is 2.28. The molecule has 0 amide bonds. The summed E-state index contributed by atoms with van der Waals surface area (Å²) in [7, 11) is 0. The van der Waals surface area contributed by atoms with E-state index in [2.05, 4.69) is 18.5 Å². The maximum atomic E-state index is 13.2. The molecule has 1 aromatic carbocycles. The molecular weight excluding hydrogens is 221 g/mol. The largest absolute Gasteiger partial charge is 0.310 e. The fraction of sp³-hybridized carbons (Fsp3) is 0.538. The Hall–Kier alpha value is -0.540. The van der Waals surface area contributed by atoms with Crippen molar-refractivity contribution in [3.05, 3.63) is 35.1 Å². The van der Waals surface area contributed by atoms with Gasteiger partial charge in [0.1, 0.15) is 5.82 Å². The zero-order valence-corrected chi connectivity index (χ0v) is 11.0. The van der Waals surface area contributed by atoms with Crippen LogP contribution in [-0.4, -0.2) is 18.6 Å². The molecule has 0 bridgehead atoms. The van der Waals surface area contributed by atoms with Crippen LogP contribution in [0.4, 0.5) is 4.39 Å². The zero-order valence-electron chi connectivity index (χ0n) is 10.2. The second-order valence-corrected chi connectivity index (χ2v) is 4.89. The summed E-state index contributed by atoms with van der Waals surface area (Å²) in [6.45, 7) is 4.86. The van der Waals surface area contributed by atoms with E-state index in [4.69, 9.17) is 0 Å². The molecule has 0 spiro atoms. The minimum Gasteiger partial charge on any atom is -0.310 e. The molecule has 16 heavy (non-hydrogen) atoms. The van der Waals surface area contributed by atoms with Crippen molar-refractivity contribution in [2.45, 2.75) is 26.3 Å². The number of rotatable bonds is 6. The van der Waals surface area contributed by atoms with Gasteiger partial charge in [-0.2, -0.15) is 11.8 Å². The summed E-state index contributed by atoms with van der Waals surface area (Å²) in [6.07, 6.45) is 3.19. The van der Waals surface area contributed by atoms with Gasteiger partial charge in [0, 0.05) is 6.04 Å². The van der Waals surface area contributed by atoms with Crippen molar-refractivity contribution in [3.8, 4) is 0 Å². The third-order valence-corrected chi connectivity index (χ3v) is 3.29. The van der Waals surface area contributed by atoms with Gasteiger partial charge in [0.15, 0.2) is 0 Å². The van der Waals surface area contributed by atoms with Crippen LogP contribution in [0, 0.1) is 12.7 Å². The topological polar surface area (TPSA) is 12.0 Å². The highest BCUT2D eigenvalue weighted by molar-refractivity contribution is 7.98. The van der Waals surface area contributed by atoms with E-state index in [0.717, 1.165) is 24.3 Å². The van der Waals surface area contributed by atoms with Crippen LogP contribution in [0.15, 0.2) is 18.2 Å². The molecular formula is C13H20FNS. The van der Waals surface area contributed by atoms with E-state index < -0.39 is 0 Å². The summed E-state index contributed by atoms with van der Waals surface area (Å²) in [5.74, 6) is 0.998. The van der Waals surface area contributed by atoms with Gasteiger partial charge in [-0.05, 0) is 49.1 Å². The van der Waals surface area contributed by atoms with Crippen molar-refractivity contribution in [1.82, 2.24) is 5.32 Å². The molecule has 1 rings (SSSR count). The molecule has 0 aromatic heterocycles. The van der Waals surface area contributed by atoms with Gasteiger partial charge in [0.25, 0.3) is 0 Å². The van der Waals surface area contributed by atoms with E-state index in [-0.39, 0.29) is 5.82 Å². The second-order valence-electron chi connectivity index (χ2n) is 3.90. The molecule has 3 heteroatoms. The Balaban J connectivity index is 2.78. The summed E-state index contributed by atoms with van der Waals surface area (Å²) < 4.78 is 13.2. The van der Waals surface area contributed by atoms with Crippen molar-refractivity contribution in [3.63, 3.8) is 0 Å². The van der Waals surface area contributed by atoms with Gasteiger partial charge in [0.2, 0.25) is 0 Å². The minimum absolute atomic E-state index is 0.121. The number of aryl methyl sites for hydroxylation is 1. The smallest absolute Gasteiger partial charge is 0.126 e. The summed E-state index contributed by atoms with van der Waals surface area (Å²) in [5.41, 5.74) is 1.92. The SMILES string of the molecule is CCNC(CCSC)c1ccc(F)c(C)c1. The monoisotopic (exact) mass is 241 g/mol. The van der Waals surface area contributed by atoms with Crippen LogP contribution in [-0.2, 0) is 0 Å². The molecule has 0 saturated heterocycles. The van der Waals surface area contributed by atoms with Crippen LogP contribution in [0.25, 0.3) is 0 Å². The Kier molecular flexibility index (Phi) is 5.85. The highest BCUT2D eigenvalue weighted by Crippen LogP contribution is 2.20. The van der Waals surface area contributed by atoms with Crippen LogP contribution in [0.3, 0.4) is 0 Å². The first-order chi connectivity index (χ1) is 7.69. The first kappa shape index (κ1) is 13.5. The van der Waals surface area contributed by atoms with E-state index in [1.54, 1.807) is 6.07 Å². The minimum atomic E-state index is -0.121. The van der Waals surface area contributed by atoms with Gasteiger partial charge in [-0.15, -0.1) is 0 Å². The molecule has 0 aliphatic heterocycles. The molecule has 0 aliphatic carbocycles. The normalized spacial score (nSPS) is 12.8. The number of nitrogens with one attached hydrogen (secondary N) is 1. The molecule has 90 valence electrons. The summed E-state index contributed by atoms with van der Waals surface area (Å²) >= 11 is 1.84. The summed E-state index contributed by atoms with van der Waals surface area (Å²) in [5, 5.41) is 3.44. The van der Waals surface area contributed by atoms with Gasteiger partial charge >= 0.3 is 0 Å². The Morgan fingerprint density at radius 2 is 2.19 bits per heavy atom. The van der Waals surface area contributed by atoms with E-state index in [0.29, 0.717) is 6.04 Å². The molecule has 1 unspecified atom stereocenters. The van der Waals surface area contributed by atoms with Crippen LogP contribution < -0.4 is 5.32 Å². The van der Waals surface area contributed by atoms with E-state index in [1.807, 2.05) is 30.8 Å². The van der Waals surface area contributed by atoms with Gasteiger partial charge in [0.05, 0.1) is 0 Å². The Bertz CT molecular complexity index is 328. The third-order valence-electron chi connectivity index (χ3n) is 2.65. The molecule has 0 saturated carbocycles. The molecule has 1 aromatic rings. The summed E-state index contributed by atoms with van der Waals surface area (Å²) in [6, 6.07) is 5.74.